The van der Waals surface area contributed by atoms with Gasteiger partial charge in [-0.05, 0) is 23.8 Å². The van der Waals surface area contributed by atoms with E-state index in [9.17, 15) is 13.2 Å². The van der Waals surface area contributed by atoms with Crippen molar-refractivity contribution in [2.75, 3.05) is 0 Å². The lowest BCUT2D eigenvalue weighted by Gasteiger charge is -2.09. The van der Waals surface area contributed by atoms with E-state index >= 15 is 0 Å². The molecule has 78 valence electrons. The molecule has 0 aromatic heterocycles. The van der Waals surface area contributed by atoms with Gasteiger partial charge in [-0.2, -0.15) is 13.2 Å². The van der Waals surface area contributed by atoms with Crippen molar-refractivity contribution >= 4 is 15.9 Å². The summed E-state index contributed by atoms with van der Waals surface area (Å²) in [5.41, 5.74) is 1.42. The maximum atomic E-state index is 12.3. The second-order valence-corrected chi connectivity index (χ2v) is 3.60. The third kappa shape index (κ3) is 2.97. The number of hydrogen-bond donors (Lipinski definition) is 2. The Balaban J connectivity index is 3.07. The van der Waals surface area contributed by atoms with Crippen LogP contribution in [-0.2, 0) is 12.7 Å². The lowest BCUT2D eigenvalue weighted by Crippen LogP contribution is -2.09. The maximum Gasteiger partial charge on any atom is 0.416 e. The zero-order chi connectivity index (χ0) is 10.8. The van der Waals surface area contributed by atoms with Gasteiger partial charge in [0.05, 0.1) is 5.56 Å². The predicted molar refractivity (Wildman–Crippen MR) is 47.8 cm³/mol. The molecule has 14 heavy (non-hydrogen) atoms. The van der Waals surface area contributed by atoms with Gasteiger partial charge < -0.3 is 5.21 Å². The molecule has 1 aromatic carbocycles. The van der Waals surface area contributed by atoms with Crippen molar-refractivity contribution in [2.24, 2.45) is 0 Å². The normalized spacial score (nSPS) is 11.8. The molecule has 0 fully saturated rings. The van der Waals surface area contributed by atoms with E-state index in [1.54, 1.807) is 5.48 Å². The molecule has 0 aliphatic carbocycles. The van der Waals surface area contributed by atoms with Crippen molar-refractivity contribution in [1.29, 1.82) is 0 Å². The zero-order valence-electron chi connectivity index (χ0n) is 6.90. The molecule has 0 spiro atoms. The van der Waals surface area contributed by atoms with Gasteiger partial charge in [0, 0.05) is 11.0 Å². The third-order valence-electron chi connectivity index (χ3n) is 1.57. The molecule has 0 aliphatic rings. The summed E-state index contributed by atoms with van der Waals surface area (Å²) in [7, 11) is 0. The largest absolute Gasteiger partial charge is 0.416 e. The number of hydrogen-bond acceptors (Lipinski definition) is 2. The molecule has 0 atom stereocenters. The van der Waals surface area contributed by atoms with Crippen molar-refractivity contribution in [3.05, 3.63) is 33.8 Å². The standard InChI is InChI=1S/C8H7BrF3NO/c9-7-2-5(4-13-14)1-6(3-7)8(10,11)12/h1-3,13-14H,4H2. The van der Waals surface area contributed by atoms with Crippen LogP contribution in [0.5, 0.6) is 0 Å². The average molecular weight is 270 g/mol. The first-order valence-electron chi connectivity index (χ1n) is 3.67. The Morgan fingerprint density at radius 1 is 1.29 bits per heavy atom. The molecule has 0 unspecified atom stereocenters. The number of halogens is 4. The number of hydroxylamine groups is 1. The van der Waals surface area contributed by atoms with E-state index in [1.807, 2.05) is 0 Å². The summed E-state index contributed by atoms with van der Waals surface area (Å²) in [6.07, 6.45) is -4.37. The highest BCUT2D eigenvalue weighted by molar-refractivity contribution is 9.10. The fraction of sp³-hybridized carbons (Fsp3) is 0.250. The highest BCUT2D eigenvalue weighted by Gasteiger charge is 2.30. The van der Waals surface area contributed by atoms with Crippen molar-refractivity contribution < 1.29 is 18.4 Å². The predicted octanol–water partition coefficient (Wildman–Crippen LogP) is 2.95. The van der Waals surface area contributed by atoms with Crippen molar-refractivity contribution in [3.8, 4) is 0 Å². The first-order chi connectivity index (χ1) is 6.43. The molecule has 6 heteroatoms. The molecule has 0 bridgehead atoms. The fourth-order valence-electron chi connectivity index (χ4n) is 1.01. The average Bonchev–Trinajstić information content (AvgIpc) is 2.02. The molecule has 0 amide bonds. The minimum atomic E-state index is -4.37. The van der Waals surface area contributed by atoms with Crippen LogP contribution in [0.4, 0.5) is 13.2 Å². The Morgan fingerprint density at radius 2 is 1.93 bits per heavy atom. The van der Waals surface area contributed by atoms with Crippen LogP contribution in [0.25, 0.3) is 0 Å². The van der Waals surface area contributed by atoms with Gasteiger partial charge in [-0.1, -0.05) is 15.9 Å². The highest BCUT2D eigenvalue weighted by atomic mass is 79.9. The van der Waals surface area contributed by atoms with Gasteiger partial charge in [0.1, 0.15) is 0 Å². The number of benzene rings is 1. The summed E-state index contributed by atoms with van der Waals surface area (Å²) in [6.45, 7) is -0.0253. The van der Waals surface area contributed by atoms with Crippen molar-refractivity contribution in [3.63, 3.8) is 0 Å². The highest BCUT2D eigenvalue weighted by Crippen LogP contribution is 2.31. The van der Waals surface area contributed by atoms with Gasteiger partial charge in [0.25, 0.3) is 0 Å². The van der Waals surface area contributed by atoms with E-state index in [0.29, 0.717) is 10.0 Å². The summed E-state index contributed by atoms with van der Waals surface area (Å²) >= 11 is 2.97. The van der Waals surface area contributed by atoms with E-state index < -0.39 is 11.7 Å². The second-order valence-electron chi connectivity index (χ2n) is 2.68. The minimum absolute atomic E-state index is 0.0253. The van der Waals surface area contributed by atoms with Gasteiger partial charge in [-0.15, -0.1) is 0 Å². The molecule has 2 N–H and O–H groups in total. The quantitative estimate of drug-likeness (QED) is 0.810. The summed E-state index contributed by atoms with van der Waals surface area (Å²) in [5, 5.41) is 8.36. The smallest absolute Gasteiger partial charge is 0.316 e. The van der Waals surface area contributed by atoms with Gasteiger partial charge in [0.2, 0.25) is 0 Å². The Bertz CT molecular complexity index is 327. The van der Waals surface area contributed by atoms with Crippen LogP contribution in [0.1, 0.15) is 11.1 Å². The van der Waals surface area contributed by atoms with Gasteiger partial charge in [0.15, 0.2) is 0 Å². The summed E-state index contributed by atoms with van der Waals surface area (Å²) in [5.74, 6) is 0. The molecule has 2 nitrogen and oxygen atoms in total. The van der Waals surface area contributed by atoms with E-state index in [1.165, 1.54) is 6.07 Å². The van der Waals surface area contributed by atoms with Crippen LogP contribution >= 0.6 is 15.9 Å². The SMILES string of the molecule is ONCc1cc(Br)cc(C(F)(F)F)c1. The summed E-state index contributed by atoms with van der Waals surface area (Å²) in [6, 6.07) is 3.47. The van der Waals surface area contributed by atoms with E-state index in [2.05, 4.69) is 15.9 Å². The Morgan fingerprint density at radius 3 is 2.43 bits per heavy atom. The van der Waals surface area contributed by atoms with Gasteiger partial charge >= 0.3 is 6.18 Å². The topological polar surface area (TPSA) is 32.3 Å². The minimum Gasteiger partial charge on any atom is -0.316 e. The van der Waals surface area contributed by atoms with Crippen LogP contribution in [0.15, 0.2) is 22.7 Å². The Labute approximate surface area is 86.8 Å². The van der Waals surface area contributed by atoms with Crippen LogP contribution in [0.3, 0.4) is 0 Å². The second kappa shape index (κ2) is 4.29. The molecule has 0 aliphatic heterocycles. The first kappa shape index (κ1) is 11.5. The fourth-order valence-corrected chi connectivity index (χ4v) is 1.55. The third-order valence-corrected chi connectivity index (χ3v) is 2.03. The van der Waals surface area contributed by atoms with E-state index in [4.69, 9.17) is 5.21 Å². The molecular formula is C8H7BrF3NO. The van der Waals surface area contributed by atoms with Crippen LogP contribution < -0.4 is 5.48 Å². The van der Waals surface area contributed by atoms with Crippen LogP contribution in [0, 0.1) is 0 Å². The number of nitrogens with one attached hydrogen (secondary N) is 1. The molecule has 0 radical (unpaired) electrons. The Hall–Kier alpha value is -0.590. The van der Waals surface area contributed by atoms with Gasteiger partial charge in [-0.3, -0.25) is 0 Å². The Kier molecular flexibility index (Phi) is 3.52. The zero-order valence-corrected chi connectivity index (χ0v) is 8.48. The van der Waals surface area contributed by atoms with Crippen molar-refractivity contribution in [2.45, 2.75) is 12.7 Å². The number of alkyl halides is 3. The lowest BCUT2D eigenvalue weighted by atomic mass is 10.1. The van der Waals surface area contributed by atoms with Crippen LogP contribution in [-0.4, -0.2) is 5.21 Å². The lowest BCUT2D eigenvalue weighted by molar-refractivity contribution is -0.137. The van der Waals surface area contributed by atoms with Crippen LogP contribution in [0.2, 0.25) is 0 Å². The van der Waals surface area contributed by atoms with Crippen molar-refractivity contribution in [1.82, 2.24) is 5.48 Å². The van der Waals surface area contributed by atoms with E-state index in [-0.39, 0.29) is 6.54 Å². The first-order valence-corrected chi connectivity index (χ1v) is 4.46. The summed E-state index contributed by atoms with van der Waals surface area (Å²) in [4.78, 5) is 0. The monoisotopic (exact) mass is 269 g/mol. The number of rotatable bonds is 2. The molecule has 0 saturated carbocycles. The molecular weight excluding hydrogens is 263 g/mol. The van der Waals surface area contributed by atoms with Gasteiger partial charge in [-0.25, -0.2) is 5.48 Å². The molecule has 0 saturated heterocycles. The molecule has 0 heterocycles. The summed E-state index contributed by atoms with van der Waals surface area (Å²) < 4.78 is 37.2. The molecule has 1 aromatic rings. The maximum absolute atomic E-state index is 12.3. The van der Waals surface area contributed by atoms with E-state index in [0.717, 1.165) is 12.1 Å². The molecule has 1 rings (SSSR count).